The summed E-state index contributed by atoms with van der Waals surface area (Å²) in [6.45, 7) is 1.72. The molecule has 0 aliphatic carbocycles. The summed E-state index contributed by atoms with van der Waals surface area (Å²) in [5, 5.41) is 5.25. The molecular formula is C24H25F3N4O3. The maximum Gasteiger partial charge on any atom is 0.416 e. The van der Waals surface area contributed by atoms with Crippen molar-refractivity contribution in [3.8, 4) is 17.2 Å². The van der Waals surface area contributed by atoms with E-state index in [2.05, 4.69) is 15.6 Å². The van der Waals surface area contributed by atoms with E-state index in [1.807, 2.05) is 17.0 Å². The van der Waals surface area contributed by atoms with Gasteiger partial charge in [-0.15, -0.1) is 0 Å². The van der Waals surface area contributed by atoms with Crippen LogP contribution in [0.3, 0.4) is 0 Å². The van der Waals surface area contributed by atoms with Gasteiger partial charge in [-0.1, -0.05) is 0 Å². The van der Waals surface area contributed by atoms with Crippen LogP contribution in [-0.4, -0.2) is 37.8 Å². The molecule has 0 bridgehead atoms. The second-order valence-electron chi connectivity index (χ2n) is 7.93. The topological polar surface area (TPSA) is 79.6 Å². The Hall–Kier alpha value is -3.69. The first kappa shape index (κ1) is 23.5. The van der Waals surface area contributed by atoms with Gasteiger partial charge in [0.1, 0.15) is 12.0 Å². The second kappa shape index (κ2) is 10.1. The molecule has 7 nitrogen and oxygen atoms in total. The molecule has 180 valence electrons. The number of benzene rings is 2. The lowest BCUT2D eigenvalue weighted by Crippen LogP contribution is -2.31. The number of carbonyl (C=O) groups excluding carboxylic acids is 1. The highest BCUT2D eigenvalue weighted by Gasteiger charge is 2.32. The van der Waals surface area contributed by atoms with Gasteiger partial charge in [0, 0.05) is 31.6 Å². The van der Waals surface area contributed by atoms with Crippen LogP contribution >= 0.6 is 0 Å². The molecule has 1 aliphatic rings. The first-order chi connectivity index (χ1) is 16.3. The van der Waals surface area contributed by atoms with Crippen molar-refractivity contribution in [3.63, 3.8) is 0 Å². The highest BCUT2D eigenvalue weighted by atomic mass is 19.4. The van der Waals surface area contributed by atoms with Crippen molar-refractivity contribution in [2.45, 2.75) is 25.4 Å². The number of amides is 2. The Morgan fingerprint density at radius 2 is 1.88 bits per heavy atom. The lowest BCUT2D eigenvalue weighted by atomic mass is 10.1. The van der Waals surface area contributed by atoms with Gasteiger partial charge in [-0.25, -0.2) is 9.78 Å². The minimum Gasteiger partial charge on any atom is -0.497 e. The van der Waals surface area contributed by atoms with Gasteiger partial charge in [-0.2, -0.15) is 13.2 Å². The molecule has 0 unspecified atom stereocenters. The molecule has 2 amide bonds. The van der Waals surface area contributed by atoms with Gasteiger partial charge in [0.2, 0.25) is 5.89 Å². The van der Waals surface area contributed by atoms with Crippen LogP contribution < -0.4 is 20.3 Å². The molecule has 1 aromatic heterocycles. The third-order valence-electron chi connectivity index (χ3n) is 5.57. The Morgan fingerprint density at radius 3 is 2.56 bits per heavy atom. The number of nitrogens with zero attached hydrogens (tertiary/aromatic N) is 2. The first-order valence-corrected chi connectivity index (χ1v) is 10.9. The number of ether oxygens (including phenoxy) is 1. The predicted octanol–water partition coefficient (Wildman–Crippen LogP) is 5.33. The molecule has 0 saturated carbocycles. The lowest BCUT2D eigenvalue weighted by Gasteiger charge is -2.23. The Bertz CT molecular complexity index is 1120. The van der Waals surface area contributed by atoms with E-state index in [0.717, 1.165) is 49.4 Å². The van der Waals surface area contributed by atoms with Crippen LogP contribution in [0.4, 0.5) is 29.3 Å². The number of oxazole rings is 1. The van der Waals surface area contributed by atoms with Crippen molar-refractivity contribution in [1.29, 1.82) is 0 Å². The summed E-state index contributed by atoms with van der Waals surface area (Å²) in [6, 6.07) is 10.1. The molecule has 1 fully saturated rings. The number of aromatic nitrogens is 1. The first-order valence-electron chi connectivity index (χ1n) is 10.9. The highest BCUT2D eigenvalue weighted by molar-refractivity contribution is 5.93. The van der Waals surface area contributed by atoms with Crippen molar-refractivity contribution in [2.75, 3.05) is 37.0 Å². The number of alkyl halides is 3. The summed E-state index contributed by atoms with van der Waals surface area (Å²) >= 11 is 0. The number of nitrogens with one attached hydrogen (secondary N) is 2. The van der Waals surface area contributed by atoms with Crippen molar-refractivity contribution < 1.29 is 27.1 Å². The summed E-state index contributed by atoms with van der Waals surface area (Å²) in [4.78, 5) is 18.8. The van der Waals surface area contributed by atoms with Gasteiger partial charge in [0.05, 0.1) is 29.7 Å². The average Bonchev–Trinajstić information content (AvgIpc) is 3.51. The standard InChI is InChI=1S/C24H25F3N4O3/c1-33-19-7-4-16(5-8-19)22-29-18(15-34-22)10-11-28-23(32)30-20-14-17(24(25,26)27)6-9-21(20)31-12-2-3-13-31/h4-9,14-15H,2-3,10-13H2,1H3,(H2,28,30,32). The molecule has 2 heterocycles. The van der Waals surface area contributed by atoms with E-state index in [9.17, 15) is 18.0 Å². The smallest absolute Gasteiger partial charge is 0.416 e. The molecule has 34 heavy (non-hydrogen) atoms. The number of rotatable bonds is 7. The van der Waals surface area contributed by atoms with Crippen molar-refractivity contribution >= 4 is 17.4 Å². The molecule has 1 saturated heterocycles. The molecule has 2 aromatic carbocycles. The van der Waals surface area contributed by atoms with Gasteiger partial charge < -0.3 is 24.7 Å². The predicted molar refractivity (Wildman–Crippen MR) is 122 cm³/mol. The molecule has 10 heteroatoms. The monoisotopic (exact) mass is 474 g/mol. The molecule has 3 aromatic rings. The lowest BCUT2D eigenvalue weighted by molar-refractivity contribution is -0.137. The average molecular weight is 474 g/mol. The summed E-state index contributed by atoms with van der Waals surface area (Å²) < 4.78 is 50.2. The number of methoxy groups -OCH3 is 1. The van der Waals surface area contributed by atoms with Crippen LogP contribution in [0.1, 0.15) is 24.1 Å². The van der Waals surface area contributed by atoms with E-state index < -0.39 is 17.8 Å². The van der Waals surface area contributed by atoms with Gasteiger partial charge in [0.25, 0.3) is 0 Å². The normalized spacial score (nSPS) is 13.7. The van der Waals surface area contributed by atoms with E-state index >= 15 is 0 Å². The summed E-state index contributed by atoms with van der Waals surface area (Å²) in [7, 11) is 1.58. The number of hydrogen-bond donors (Lipinski definition) is 2. The summed E-state index contributed by atoms with van der Waals surface area (Å²) in [5.74, 6) is 1.17. The molecule has 4 rings (SSSR count). The number of urea groups is 1. The van der Waals surface area contributed by atoms with E-state index in [4.69, 9.17) is 9.15 Å². The zero-order chi connectivity index (χ0) is 24.1. The molecule has 0 spiro atoms. The van der Waals surface area contributed by atoms with Crippen molar-refractivity contribution in [3.05, 3.63) is 60.0 Å². The van der Waals surface area contributed by atoms with E-state index in [0.29, 0.717) is 23.7 Å². The second-order valence-corrected chi connectivity index (χ2v) is 7.93. The SMILES string of the molecule is COc1ccc(-c2nc(CCNC(=O)Nc3cc(C(F)(F)F)ccc3N3CCCC3)co2)cc1. The van der Waals surface area contributed by atoms with Gasteiger partial charge >= 0.3 is 12.2 Å². The Morgan fingerprint density at radius 1 is 1.15 bits per heavy atom. The van der Waals surface area contributed by atoms with E-state index in [1.54, 1.807) is 19.2 Å². The van der Waals surface area contributed by atoms with Crippen LogP contribution in [0, 0.1) is 0 Å². The largest absolute Gasteiger partial charge is 0.497 e. The van der Waals surface area contributed by atoms with E-state index in [-0.39, 0.29) is 12.2 Å². The minimum absolute atomic E-state index is 0.137. The molecule has 2 N–H and O–H groups in total. The van der Waals surface area contributed by atoms with Crippen molar-refractivity contribution in [1.82, 2.24) is 10.3 Å². The van der Waals surface area contributed by atoms with Crippen LogP contribution in [0.2, 0.25) is 0 Å². The Labute approximate surface area is 194 Å². The van der Waals surface area contributed by atoms with Crippen LogP contribution in [0.15, 0.2) is 53.1 Å². The van der Waals surface area contributed by atoms with Crippen molar-refractivity contribution in [2.24, 2.45) is 0 Å². The number of halogens is 3. The molecule has 1 aliphatic heterocycles. The summed E-state index contributed by atoms with van der Waals surface area (Å²) in [5.41, 5.74) is 1.35. The van der Waals surface area contributed by atoms with Crippen LogP contribution in [0.25, 0.3) is 11.5 Å². The minimum atomic E-state index is -4.50. The third-order valence-corrected chi connectivity index (χ3v) is 5.57. The third kappa shape index (κ3) is 5.62. The van der Waals surface area contributed by atoms with Gasteiger partial charge in [0.15, 0.2) is 0 Å². The Kier molecular flexibility index (Phi) is 6.95. The zero-order valence-corrected chi connectivity index (χ0v) is 18.6. The molecular weight excluding hydrogens is 449 g/mol. The number of anilines is 2. The van der Waals surface area contributed by atoms with Crippen LogP contribution in [-0.2, 0) is 12.6 Å². The zero-order valence-electron chi connectivity index (χ0n) is 18.6. The fourth-order valence-electron chi connectivity index (χ4n) is 3.80. The van der Waals surface area contributed by atoms with Gasteiger partial charge in [-0.05, 0) is 55.3 Å². The number of hydrogen-bond acceptors (Lipinski definition) is 5. The fraction of sp³-hybridized carbons (Fsp3) is 0.333. The van der Waals surface area contributed by atoms with Crippen LogP contribution in [0.5, 0.6) is 5.75 Å². The maximum absolute atomic E-state index is 13.2. The number of carbonyl (C=O) groups is 1. The maximum atomic E-state index is 13.2. The van der Waals surface area contributed by atoms with E-state index in [1.165, 1.54) is 12.3 Å². The highest BCUT2D eigenvalue weighted by Crippen LogP contribution is 2.36. The summed E-state index contributed by atoms with van der Waals surface area (Å²) in [6.07, 6.45) is -0.664. The molecule has 0 radical (unpaired) electrons. The Balaban J connectivity index is 1.36. The molecule has 0 atom stereocenters. The fourth-order valence-corrected chi connectivity index (χ4v) is 3.80. The van der Waals surface area contributed by atoms with Gasteiger partial charge in [-0.3, -0.25) is 0 Å². The quantitative estimate of drug-likeness (QED) is 0.484.